The van der Waals surface area contributed by atoms with Gasteiger partial charge < -0.3 is 0 Å². The van der Waals surface area contributed by atoms with E-state index in [2.05, 4.69) is 178 Å². The monoisotopic (exact) mass is 677 g/mol. The molecule has 3 nitrogen and oxygen atoms in total. The van der Waals surface area contributed by atoms with E-state index < -0.39 is 0 Å². The van der Waals surface area contributed by atoms with Crippen molar-refractivity contribution in [2.24, 2.45) is 0 Å². The van der Waals surface area contributed by atoms with Crippen LogP contribution in [-0.4, -0.2) is 15.0 Å². The van der Waals surface area contributed by atoms with Crippen molar-refractivity contribution >= 4 is 21.8 Å². The van der Waals surface area contributed by atoms with Gasteiger partial charge in [-0.15, -0.1) is 0 Å². The molecule has 53 heavy (non-hydrogen) atoms. The van der Waals surface area contributed by atoms with Crippen molar-refractivity contribution in [3.8, 4) is 67.3 Å². The van der Waals surface area contributed by atoms with E-state index in [4.69, 9.17) is 15.0 Å². The molecule has 0 unspecified atom stereocenters. The van der Waals surface area contributed by atoms with E-state index >= 15 is 0 Å². The predicted molar refractivity (Wildman–Crippen MR) is 220 cm³/mol. The molecule has 3 heterocycles. The van der Waals surface area contributed by atoms with E-state index in [1.54, 1.807) is 0 Å². The Morgan fingerprint density at radius 1 is 0.321 bits per heavy atom. The molecule has 6 aromatic carbocycles. The number of pyridine rings is 3. The third kappa shape index (κ3) is 5.32. The van der Waals surface area contributed by atoms with Crippen LogP contribution in [0.5, 0.6) is 0 Å². The van der Waals surface area contributed by atoms with Gasteiger partial charge in [-0.05, 0) is 63.7 Å². The van der Waals surface area contributed by atoms with Gasteiger partial charge in [0.15, 0.2) is 0 Å². The molecular formula is C50H35N3. The summed E-state index contributed by atoms with van der Waals surface area (Å²) in [6.45, 7) is 4.64. The second-order valence-electron chi connectivity index (χ2n) is 14.5. The van der Waals surface area contributed by atoms with E-state index in [1.807, 2.05) is 12.1 Å². The van der Waals surface area contributed by atoms with Gasteiger partial charge in [-0.2, -0.15) is 0 Å². The highest BCUT2D eigenvalue weighted by atomic mass is 14.8. The average Bonchev–Trinajstić information content (AvgIpc) is 3.46. The van der Waals surface area contributed by atoms with Crippen molar-refractivity contribution in [3.05, 3.63) is 187 Å². The number of hydrogen-bond acceptors (Lipinski definition) is 3. The number of aromatic nitrogens is 3. The van der Waals surface area contributed by atoms with E-state index in [-0.39, 0.29) is 5.41 Å². The Morgan fingerprint density at radius 3 is 1.42 bits per heavy atom. The number of hydrogen-bond donors (Lipinski definition) is 0. The van der Waals surface area contributed by atoms with Crippen molar-refractivity contribution in [2.45, 2.75) is 19.3 Å². The van der Waals surface area contributed by atoms with Gasteiger partial charge >= 0.3 is 0 Å². The third-order valence-corrected chi connectivity index (χ3v) is 10.9. The van der Waals surface area contributed by atoms with Crippen LogP contribution >= 0.6 is 0 Å². The molecule has 1 aliphatic carbocycles. The van der Waals surface area contributed by atoms with Crippen molar-refractivity contribution in [1.29, 1.82) is 0 Å². The number of rotatable bonds is 5. The fraction of sp³-hybridized carbons (Fsp3) is 0.0600. The smallest absolute Gasteiger partial charge is 0.0972 e. The number of nitrogens with zero attached hydrogens (tertiary/aromatic N) is 3. The van der Waals surface area contributed by atoms with Crippen LogP contribution < -0.4 is 0 Å². The summed E-state index contributed by atoms with van der Waals surface area (Å²) in [7, 11) is 0. The van der Waals surface area contributed by atoms with Gasteiger partial charge in [-0.3, -0.25) is 0 Å². The van der Waals surface area contributed by atoms with Crippen molar-refractivity contribution < 1.29 is 0 Å². The zero-order chi connectivity index (χ0) is 35.5. The summed E-state index contributed by atoms with van der Waals surface area (Å²) in [5, 5.41) is 2.16. The van der Waals surface area contributed by atoms with Crippen LogP contribution in [0.2, 0.25) is 0 Å². The molecule has 0 fully saturated rings. The Balaban J connectivity index is 1.02. The molecule has 0 amide bonds. The molecule has 0 N–H and O–H groups in total. The van der Waals surface area contributed by atoms with Gasteiger partial charge in [0, 0.05) is 38.4 Å². The summed E-state index contributed by atoms with van der Waals surface area (Å²) < 4.78 is 0. The lowest BCUT2D eigenvalue weighted by Crippen LogP contribution is -2.14. The van der Waals surface area contributed by atoms with Crippen molar-refractivity contribution in [3.63, 3.8) is 0 Å². The van der Waals surface area contributed by atoms with Gasteiger partial charge in [0.1, 0.15) is 0 Å². The first-order valence-electron chi connectivity index (χ1n) is 18.2. The van der Waals surface area contributed by atoms with E-state index in [9.17, 15) is 0 Å². The zero-order valence-electron chi connectivity index (χ0n) is 29.6. The predicted octanol–water partition coefficient (Wildman–Crippen LogP) is 12.8. The van der Waals surface area contributed by atoms with Crippen LogP contribution in [0.1, 0.15) is 25.0 Å². The van der Waals surface area contributed by atoms with Crippen LogP contribution in [0, 0.1) is 0 Å². The Labute approximate surface area is 309 Å². The molecule has 0 atom stereocenters. The summed E-state index contributed by atoms with van der Waals surface area (Å²) in [6, 6.07) is 62.3. The van der Waals surface area contributed by atoms with Gasteiger partial charge in [0.25, 0.3) is 0 Å². The van der Waals surface area contributed by atoms with Gasteiger partial charge in [-0.25, -0.2) is 15.0 Å². The third-order valence-electron chi connectivity index (χ3n) is 10.9. The molecule has 0 bridgehead atoms. The normalized spacial score (nSPS) is 12.9. The summed E-state index contributed by atoms with van der Waals surface area (Å²) in [5.41, 5.74) is 17.5. The first kappa shape index (κ1) is 31.1. The highest BCUT2D eigenvalue weighted by Gasteiger charge is 2.35. The van der Waals surface area contributed by atoms with Crippen LogP contribution in [0.25, 0.3) is 89.1 Å². The van der Waals surface area contributed by atoms with Crippen molar-refractivity contribution in [1.82, 2.24) is 15.0 Å². The highest BCUT2D eigenvalue weighted by Crippen LogP contribution is 2.49. The molecule has 0 aliphatic heterocycles. The Hall–Kier alpha value is -6.71. The molecule has 250 valence electrons. The first-order chi connectivity index (χ1) is 26.0. The molecule has 0 radical (unpaired) electrons. The fourth-order valence-corrected chi connectivity index (χ4v) is 8.00. The maximum atomic E-state index is 5.28. The molecule has 1 aliphatic rings. The molecular weight excluding hydrogens is 643 g/mol. The van der Waals surface area contributed by atoms with Gasteiger partial charge in [-0.1, -0.05) is 159 Å². The van der Waals surface area contributed by atoms with E-state index in [0.29, 0.717) is 0 Å². The maximum Gasteiger partial charge on any atom is 0.0972 e. The number of fused-ring (bicyclic) bond motifs is 6. The van der Waals surface area contributed by atoms with Gasteiger partial charge in [0.05, 0.1) is 33.8 Å². The number of benzene rings is 6. The average molecular weight is 678 g/mol. The van der Waals surface area contributed by atoms with E-state index in [0.717, 1.165) is 78.0 Å². The molecule has 3 heteroatoms. The largest absolute Gasteiger partial charge is 0.248 e. The van der Waals surface area contributed by atoms with E-state index in [1.165, 1.54) is 22.3 Å². The van der Waals surface area contributed by atoms with Crippen LogP contribution in [0.3, 0.4) is 0 Å². The second kappa shape index (κ2) is 12.2. The second-order valence-corrected chi connectivity index (χ2v) is 14.5. The lowest BCUT2D eigenvalue weighted by atomic mass is 9.82. The highest BCUT2D eigenvalue weighted by molar-refractivity contribution is 6.04. The lowest BCUT2D eigenvalue weighted by molar-refractivity contribution is 0.660. The topological polar surface area (TPSA) is 38.7 Å². The van der Waals surface area contributed by atoms with Crippen molar-refractivity contribution in [2.75, 3.05) is 0 Å². The Kier molecular flexibility index (Phi) is 7.16. The SMILES string of the molecule is CC1(C)c2ccccc2-c2ccc(-c3ccc4ccc5ccc(-c6ccc(-c7cc(-c8ccccc8)nc(-c8ccccc8)c7)cc6)nc5c4n3)cc21. The minimum absolute atomic E-state index is 0.0662. The molecule has 3 aromatic heterocycles. The minimum atomic E-state index is -0.0662. The summed E-state index contributed by atoms with van der Waals surface area (Å²) in [4.78, 5) is 15.6. The molecule has 9 aromatic rings. The first-order valence-corrected chi connectivity index (χ1v) is 18.2. The van der Waals surface area contributed by atoms with Gasteiger partial charge in [0.2, 0.25) is 0 Å². The summed E-state index contributed by atoms with van der Waals surface area (Å²) in [6.07, 6.45) is 0. The molecule has 0 saturated carbocycles. The quantitative estimate of drug-likeness (QED) is 0.170. The Morgan fingerprint density at radius 2 is 0.792 bits per heavy atom. The van der Waals surface area contributed by atoms with Crippen LogP contribution in [0.4, 0.5) is 0 Å². The van der Waals surface area contributed by atoms with Crippen LogP contribution in [0.15, 0.2) is 176 Å². The molecule has 0 spiro atoms. The zero-order valence-corrected chi connectivity index (χ0v) is 29.6. The maximum absolute atomic E-state index is 5.28. The lowest BCUT2D eigenvalue weighted by Gasteiger charge is -2.21. The standard InChI is InChI=1S/C50H35N3/c1-50(2)42-16-10-9-15-40(42)41-26-23-38(29-43(41)50)45-28-25-37-22-21-36-24-27-44(52-48(36)49(37)53-45)35-19-17-32(18-20-35)39-30-46(33-11-5-3-6-12-33)51-47(31-39)34-13-7-4-8-14-34/h3-31H,1-2H3. The molecule has 10 rings (SSSR count). The summed E-state index contributed by atoms with van der Waals surface area (Å²) >= 11 is 0. The molecule has 0 saturated heterocycles. The van der Waals surface area contributed by atoms with Crippen LogP contribution in [-0.2, 0) is 5.41 Å². The fourth-order valence-electron chi connectivity index (χ4n) is 8.00. The Bertz CT molecular complexity index is 2780. The minimum Gasteiger partial charge on any atom is -0.248 e. The summed E-state index contributed by atoms with van der Waals surface area (Å²) in [5.74, 6) is 0.